The smallest absolute Gasteiger partial charge is 0.341 e. The summed E-state index contributed by atoms with van der Waals surface area (Å²) in [5.74, 6) is -0.520. The predicted molar refractivity (Wildman–Crippen MR) is 98.2 cm³/mol. The summed E-state index contributed by atoms with van der Waals surface area (Å²) in [5.41, 5.74) is 2.21. The van der Waals surface area contributed by atoms with Gasteiger partial charge in [-0.2, -0.15) is 0 Å². The van der Waals surface area contributed by atoms with Crippen LogP contribution in [-0.2, 0) is 22.6 Å². The molecule has 1 heterocycles. The summed E-state index contributed by atoms with van der Waals surface area (Å²) in [6, 6.07) is 9.27. The van der Waals surface area contributed by atoms with Crippen molar-refractivity contribution in [3.05, 3.63) is 51.2 Å². The van der Waals surface area contributed by atoms with Gasteiger partial charge in [-0.15, -0.1) is 11.3 Å². The number of rotatable bonds is 9. The number of ether oxygens (including phenoxy) is 1. The number of carboxylic acids is 1. The average molecular weight is 361 g/mol. The standard InChI is InChI=1S/C19H23NO4S/c1-13-9-16(14(2)25-13)6-4-8-18(21)20-11-15-5-3-7-17(10-15)24-12-19(22)23/h3,5,7,9-10H,4,6,8,11-12H2,1-2H3,(H,20,21)(H,22,23). The predicted octanol–water partition coefficient (Wildman–Crippen LogP) is 3.47. The summed E-state index contributed by atoms with van der Waals surface area (Å²) in [6.45, 7) is 4.24. The van der Waals surface area contributed by atoms with Crippen molar-refractivity contribution in [2.45, 2.75) is 39.7 Å². The Balaban J connectivity index is 1.73. The fourth-order valence-corrected chi connectivity index (χ4v) is 3.53. The Morgan fingerprint density at radius 3 is 2.72 bits per heavy atom. The van der Waals surface area contributed by atoms with Crippen molar-refractivity contribution < 1.29 is 19.4 Å². The van der Waals surface area contributed by atoms with Crippen LogP contribution in [0, 0.1) is 13.8 Å². The minimum Gasteiger partial charge on any atom is -0.482 e. The maximum absolute atomic E-state index is 12.0. The Kier molecular flexibility index (Phi) is 7.01. The van der Waals surface area contributed by atoms with Crippen LogP contribution in [0.3, 0.4) is 0 Å². The molecule has 0 saturated heterocycles. The van der Waals surface area contributed by atoms with Gasteiger partial charge in [-0.3, -0.25) is 4.79 Å². The Labute approximate surface area is 151 Å². The molecule has 1 amide bonds. The van der Waals surface area contributed by atoms with Gasteiger partial charge in [0.25, 0.3) is 0 Å². The van der Waals surface area contributed by atoms with Gasteiger partial charge in [-0.25, -0.2) is 4.79 Å². The average Bonchev–Trinajstić information content (AvgIpc) is 2.89. The number of hydrogen-bond acceptors (Lipinski definition) is 4. The summed E-state index contributed by atoms with van der Waals surface area (Å²) in [6.07, 6.45) is 2.23. The van der Waals surface area contributed by atoms with Gasteiger partial charge in [0.2, 0.25) is 5.91 Å². The number of amides is 1. The van der Waals surface area contributed by atoms with Crippen LogP contribution in [-0.4, -0.2) is 23.6 Å². The van der Waals surface area contributed by atoms with Gasteiger partial charge >= 0.3 is 5.97 Å². The molecule has 25 heavy (non-hydrogen) atoms. The van der Waals surface area contributed by atoms with Crippen LogP contribution in [0.1, 0.15) is 33.7 Å². The van der Waals surface area contributed by atoms with Gasteiger partial charge in [0.15, 0.2) is 6.61 Å². The van der Waals surface area contributed by atoms with Crippen molar-refractivity contribution in [2.75, 3.05) is 6.61 Å². The van der Waals surface area contributed by atoms with E-state index >= 15 is 0 Å². The molecule has 0 unspecified atom stereocenters. The molecule has 0 aliphatic heterocycles. The van der Waals surface area contributed by atoms with Crippen LogP contribution in [0.25, 0.3) is 0 Å². The fraction of sp³-hybridized carbons (Fsp3) is 0.368. The molecule has 2 aromatic rings. The van der Waals surface area contributed by atoms with Crippen LogP contribution >= 0.6 is 11.3 Å². The molecule has 0 fully saturated rings. The first-order valence-corrected chi connectivity index (χ1v) is 9.02. The lowest BCUT2D eigenvalue weighted by Gasteiger charge is -2.08. The van der Waals surface area contributed by atoms with E-state index in [1.807, 2.05) is 6.07 Å². The Hall–Kier alpha value is -2.34. The van der Waals surface area contributed by atoms with Gasteiger partial charge in [-0.1, -0.05) is 12.1 Å². The molecule has 2 N–H and O–H groups in total. The first kappa shape index (κ1) is 19.0. The molecular weight excluding hydrogens is 338 g/mol. The molecule has 0 spiro atoms. The maximum atomic E-state index is 12.0. The van der Waals surface area contributed by atoms with E-state index in [4.69, 9.17) is 9.84 Å². The molecule has 2 rings (SSSR count). The number of carboxylic acid groups (broad SMARTS) is 1. The SMILES string of the molecule is Cc1cc(CCCC(=O)NCc2cccc(OCC(=O)O)c2)c(C)s1. The highest BCUT2D eigenvalue weighted by molar-refractivity contribution is 7.12. The van der Waals surface area contributed by atoms with E-state index in [0.29, 0.717) is 18.7 Å². The van der Waals surface area contributed by atoms with E-state index in [-0.39, 0.29) is 12.5 Å². The third-order valence-electron chi connectivity index (χ3n) is 3.74. The van der Waals surface area contributed by atoms with Crippen molar-refractivity contribution in [3.63, 3.8) is 0 Å². The van der Waals surface area contributed by atoms with Crippen molar-refractivity contribution in [1.82, 2.24) is 5.32 Å². The fourth-order valence-electron chi connectivity index (χ4n) is 2.55. The molecule has 5 nitrogen and oxygen atoms in total. The lowest BCUT2D eigenvalue weighted by Crippen LogP contribution is -2.22. The third kappa shape index (κ3) is 6.58. The van der Waals surface area contributed by atoms with E-state index in [0.717, 1.165) is 18.4 Å². The van der Waals surface area contributed by atoms with Crippen LogP contribution in [0.5, 0.6) is 5.75 Å². The largest absolute Gasteiger partial charge is 0.482 e. The maximum Gasteiger partial charge on any atom is 0.341 e. The number of nitrogens with one attached hydrogen (secondary N) is 1. The highest BCUT2D eigenvalue weighted by atomic mass is 32.1. The molecular formula is C19H23NO4S. The van der Waals surface area contributed by atoms with Crippen LogP contribution < -0.4 is 10.1 Å². The molecule has 0 saturated carbocycles. The minimum atomic E-state index is -1.02. The summed E-state index contributed by atoms with van der Waals surface area (Å²) >= 11 is 1.79. The molecule has 0 radical (unpaired) electrons. The highest BCUT2D eigenvalue weighted by Crippen LogP contribution is 2.22. The molecule has 1 aromatic carbocycles. The lowest BCUT2D eigenvalue weighted by molar-refractivity contribution is -0.139. The second-order valence-corrected chi connectivity index (χ2v) is 7.36. The second kappa shape index (κ2) is 9.22. The Bertz CT molecular complexity index is 739. The van der Waals surface area contributed by atoms with Gasteiger partial charge in [0, 0.05) is 22.7 Å². The molecule has 0 bridgehead atoms. The van der Waals surface area contributed by atoms with Gasteiger partial charge in [-0.05, 0) is 56.0 Å². The summed E-state index contributed by atoms with van der Waals surface area (Å²) in [7, 11) is 0. The zero-order valence-corrected chi connectivity index (χ0v) is 15.3. The van der Waals surface area contributed by atoms with Crippen LogP contribution in [0.15, 0.2) is 30.3 Å². The first-order valence-electron chi connectivity index (χ1n) is 8.20. The van der Waals surface area contributed by atoms with Crippen molar-refractivity contribution >= 4 is 23.2 Å². The number of aryl methyl sites for hydroxylation is 3. The number of hydrogen-bond donors (Lipinski definition) is 2. The van der Waals surface area contributed by atoms with Crippen molar-refractivity contribution in [3.8, 4) is 5.75 Å². The monoisotopic (exact) mass is 361 g/mol. The molecule has 134 valence electrons. The van der Waals surface area contributed by atoms with E-state index in [1.165, 1.54) is 15.3 Å². The number of carbonyl (C=O) groups excluding carboxylic acids is 1. The number of thiophene rings is 1. The lowest BCUT2D eigenvalue weighted by atomic mass is 10.1. The number of aliphatic carboxylic acids is 1. The van der Waals surface area contributed by atoms with Crippen LogP contribution in [0.2, 0.25) is 0 Å². The second-order valence-electron chi connectivity index (χ2n) is 5.90. The number of benzene rings is 1. The summed E-state index contributed by atoms with van der Waals surface area (Å²) in [4.78, 5) is 25.1. The third-order valence-corrected chi connectivity index (χ3v) is 4.75. The van der Waals surface area contributed by atoms with Gasteiger partial charge in [0.1, 0.15) is 5.75 Å². The quantitative estimate of drug-likeness (QED) is 0.717. The normalized spacial score (nSPS) is 10.5. The topological polar surface area (TPSA) is 75.6 Å². The summed E-state index contributed by atoms with van der Waals surface area (Å²) < 4.78 is 5.13. The van der Waals surface area contributed by atoms with E-state index in [1.54, 1.807) is 29.5 Å². The molecule has 0 aliphatic rings. The molecule has 1 aromatic heterocycles. The molecule has 0 atom stereocenters. The number of carbonyl (C=O) groups is 2. The summed E-state index contributed by atoms with van der Waals surface area (Å²) in [5, 5.41) is 11.5. The Morgan fingerprint density at radius 2 is 2.04 bits per heavy atom. The zero-order chi connectivity index (χ0) is 18.2. The zero-order valence-electron chi connectivity index (χ0n) is 14.5. The van der Waals surface area contributed by atoms with E-state index in [9.17, 15) is 9.59 Å². The first-order chi connectivity index (χ1) is 11.9. The molecule has 6 heteroatoms. The highest BCUT2D eigenvalue weighted by Gasteiger charge is 2.06. The van der Waals surface area contributed by atoms with Crippen molar-refractivity contribution in [2.24, 2.45) is 0 Å². The Morgan fingerprint density at radius 1 is 1.24 bits per heavy atom. The minimum absolute atomic E-state index is 0.0152. The van der Waals surface area contributed by atoms with E-state index < -0.39 is 5.97 Å². The van der Waals surface area contributed by atoms with Gasteiger partial charge in [0.05, 0.1) is 0 Å². The van der Waals surface area contributed by atoms with E-state index in [2.05, 4.69) is 25.2 Å². The van der Waals surface area contributed by atoms with Gasteiger partial charge < -0.3 is 15.2 Å². The van der Waals surface area contributed by atoms with Crippen molar-refractivity contribution in [1.29, 1.82) is 0 Å². The van der Waals surface area contributed by atoms with Crippen LogP contribution in [0.4, 0.5) is 0 Å². The molecule has 0 aliphatic carbocycles.